The van der Waals surface area contributed by atoms with Crippen LogP contribution >= 0.6 is 0 Å². The lowest BCUT2D eigenvalue weighted by molar-refractivity contribution is 0.752. The smallest absolute Gasteiger partial charge is 0.216 e. The lowest BCUT2D eigenvalue weighted by Gasteiger charge is -2.12. The summed E-state index contributed by atoms with van der Waals surface area (Å²) in [6, 6.07) is 18.6. The molecule has 4 aromatic rings. The number of nitriles is 1. The maximum atomic E-state index is 9.42. The van der Waals surface area contributed by atoms with E-state index >= 15 is 0 Å². The molecule has 0 fully saturated rings. The predicted molar refractivity (Wildman–Crippen MR) is 90.1 cm³/mol. The number of fused-ring (bicyclic) bond motifs is 5. The molecule has 2 aromatic carbocycles. The van der Waals surface area contributed by atoms with Gasteiger partial charge in [-0.15, -0.1) is 0 Å². The lowest BCUT2D eigenvalue weighted by atomic mass is 10.1. The van der Waals surface area contributed by atoms with E-state index in [0.29, 0.717) is 0 Å². The van der Waals surface area contributed by atoms with Crippen molar-refractivity contribution >= 4 is 27.8 Å². The van der Waals surface area contributed by atoms with E-state index < -0.39 is 0 Å². The first-order valence-electron chi connectivity index (χ1n) is 7.53. The van der Waals surface area contributed by atoms with Crippen LogP contribution < -0.4 is 0 Å². The molecule has 0 radical (unpaired) electrons. The van der Waals surface area contributed by atoms with E-state index in [4.69, 9.17) is 4.98 Å². The van der Waals surface area contributed by atoms with Crippen LogP contribution in [0.5, 0.6) is 0 Å². The molecule has 1 aliphatic rings. The van der Waals surface area contributed by atoms with Crippen LogP contribution in [-0.2, 0) is 0 Å². The van der Waals surface area contributed by atoms with Crippen molar-refractivity contribution in [3.8, 4) is 6.07 Å². The van der Waals surface area contributed by atoms with Crippen LogP contribution in [0.15, 0.2) is 72.3 Å². The largest absolute Gasteiger partial charge is 0.298 e. The Morgan fingerprint density at radius 3 is 2.52 bits per heavy atom. The highest BCUT2D eigenvalue weighted by Crippen LogP contribution is 2.33. The van der Waals surface area contributed by atoms with Gasteiger partial charge in [-0.2, -0.15) is 5.26 Å². The monoisotopic (exact) mass is 296 g/mol. The van der Waals surface area contributed by atoms with Gasteiger partial charge in [0.15, 0.2) is 0 Å². The van der Waals surface area contributed by atoms with Crippen LogP contribution in [0.3, 0.4) is 0 Å². The Bertz CT molecular complexity index is 1180. The van der Waals surface area contributed by atoms with E-state index in [1.165, 1.54) is 0 Å². The van der Waals surface area contributed by atoms with Gasteiger partial charge < -0.3 is 0 Å². The van der Waals surface area contributed by atoms with Crippen LogP contribution in [0.2, 0.25) is 0 Å². The summed E-state index contributed by atoms with van der Waals surface area (Å²) < 4.78 is 4.32. The molecule has 0 saturated heterocycles. The topological polar surface area (TPSA) is 46.0 Å². The Balaban J connectivity index is 1.99. The Morgan fingerprint density at radius 2 is 1.70 bits per heavy atom. The van der Waals surface area contributed by atoms with Crippen LogP contribution in [0.1, 0.15) is 6.04 Å². The molecule has 108 valence electrons. The maximum Gasteiger partial charge on any atom is 0.216 e. The summed E-state index contributed by atoms with van der Waals surface area (Å²) in [7, 11) is 0. The highest BCUT2D eigenvalue weighted by atomic mass is 15.2. The molecule has 4 nitrogen and oxygen atoms in total. The molecule has 0 bridgehead atoms. The van der Waals surface area contributed by atoms with Gasteiger partial charge >= 0.3 is 0 Å². The third-order valence-corrected chi connectivity index (χ3v) is 4.44. The minimum atomic E-state index is -0.0980. The molecular weight excluding hydrogens is 284 g/mol. The van der Waals surface area contributed by atoms with Crippen LogP contribution in [0.4, 0.5) is 0 Å². The van der Waals surface area contributed by atoms with Gasteiger partial charge in [0.1, 0.15) is 0 Å². The average molecular weight is 296 g/mol. The maximum absolute atomic E-state index is 9.42. The molecule has 0 aliphatic heterocycles. The third-order valence-electron chi connectivity index (χ3n) is 4.44. The molecule has 23 heavy (non-hydrogen) atoms. The van der Waals surface area contributed by atoms with Gasteiger partial charge in [0.05, 0.1) is 39.8 Å². The van der Waals surface area contributed by atoms with Crippen molar-refractivity contribution in [1.82, 2.24) is 14.0 Å². The van der Waals surface area contributed by atoms with E-state index in [2.05, 4.69) is 33.2 Å². The van der Waals surface area contributed by atoms with Gasteiger partial charge in [-0.3, -0.25) is 8.97 Å². The van der Waals surface area contributed by atoms with E-state index in [9.17, 15) is 5.26 Å². The van der Waals surface area contributed by atoms with Crippen molar-refractivity contribution in [2.75, 3.05) is 0 Å². The predicted octanol–water partition coefficient (Wildman–Crippen LogP) is 4.00. The standard InChI is InChI=1S/C19H12N4/c20-12-13-6-5-11-15(13)22-17-9-3-4-10-18(17)23-16-8-2-1-7-14(16)21-19(22)23/h1-11,15H. The molecule has 0 N–H and O–H groups in total. The van der Waals surface area contributed by atoms with Crippen molar-refractivity contribution in [2.45, 2.75) is 6.04 Å². The number of imidazole rings is 2. The number of aromatic nitrogens is 3. The van der Waals surface area contributed by atoms with Crippen LogP contribution in [0, 0.1) is 11.3 Å². The molecule has 5 rings (SSSR count). The molecular formula is C19H12N4. The molecule has 1 atom stereocenters. The highest BCUT2D eigenvalue weighted by Gasteiger charge is 2.24. The zero-order valence-corrected chi connectivity index (χ0v) is 12.2. The molecule has 4 heteroatoms. The number of para-hydroxylation sites is 4. The molecule has 0 saturated carbocycles. The number of allylic oxidation sites excluding steroid dienone is 4. The van der Waals surface area contributed by atoms with Crippen molar-refractivity contribution < 1.29 is 0 Å². The Morgan fingerprint density at radius 1 is 0.957 bits per heavy atom. The summed E-state index contributed by atoms with van der Waals surface area (Å²) >= 11 is 0. The van der Waals surface area contributed by atoms with Crippen molar-refractivity contribution in [3.63, 3.8) is 0 Å². The summed E-state index contributed by atoms with van der Waals surface area (Å²) in [6.45, 7) is 0. The fraction of sp³-hybridized carbons (Fsp3) is 0.0526. The van der Waals surface area contributed by atoms with Crippen molar-refractivity contribution in [1.29, 1.82) is 5.26 Å². The summed E-state index contributed by atoms with van der Waals surface area (Å²) in [6.07, 6.45) is 5.86. The highest BCUT2D eigenvalue weighted by molar-refractivity contribution is 5.91. The van der Waals surface area contributed by atoms with E-state index in [-0.39, 0.29) is 6.04 Å². The number of hydrogen-bond acceptors (Lipinski definition) is 2. The van der Waals surface area contributed by atoms with Crippen LogP contribution in [0.25, 0.3) is 27.8 Å². The minimum Gasteiger partial charge on any atom is -0.298 e. The zero-order valence-electron chi connectivity index (χ0n) is 12.2. The molecule has 2 heterocycles. The van der Waals surface area contributed by atoms with Gasteiger partial charge in [-0.25, -0.2) is 4.98 Å². The van der Waals surface area contributed by atoms with E-state index in [1.54, 1.807) is 0 Å². The normalized spacial score (nSPS) is 17.2. The molecule has 1 unspecified atom stereocenters. The second-order valence-electron chi connectivity index (χ2n) is 5.66. The summed E-state index contributed by atoms with van der Waals surface area (Å²) in [5.41, 5.74) is 4.97. The Labute approximate surface area is 132 Å². The summed E-state index contributed by atoms with van der Waals surface area (Å²) in [5, 5.41) is 9.42. The van der Waals surface area contributed by atoms with Gasteiger partial charge in [0.2, 0.25) is 5.78 Å². The number of benzene rings is 2. The molecule has 1 aliphatic carbocycles. The molecule has 0 spiro atoms. The van der Waals surface area contributed by atoms with E-state index in [0.717, 1.165) is 33.4 Å². The van der Waals surface area contributed by atoms with Crippen molar-refractivity contribution in [2.24, 2.45) is 0 Å². The fourth-order valence-corrected chi connectivity index (χ4v) is 3.45. The first-order valence-corrected chi connectivity index (χ1v) is 7.53. The Hall–Kier alpha value is -3.32. The summed E-state index contributed by atoms with van der Waals surface area (Å²) in [4.78, 5) is 4.82. The quantitative estimate of drug-likeness (QED) is 0.533. The van der Waals surface area contributed by atoms with Gasteiger partial charge in [-0.05, 0) is 30.3 Å². The first-order chi connectivity index (χ1) is 11.4. The Kier molecular flexibility index (Phi) is 2.31. The number of nitrogens with zero attached hydrogens (tertiary/aromatic N) is 4. The molecule has 2 aromatic heterocycles. The van der Waals surface area contributed by atoms with Gasteiger partial charge in [-0.1, -0.05) is 36.4 Å². The lowest BCUT2D eigenvalue weighted by Crippen LogP contribution is -2.07. The summed E-state index contributed by atoms with van der Waals surface area (Å²) in [5.74, 6) is 0.866. The third kappa shape index (κ3) is 1.51. The van der Waals surface area contributed by atoms with Crippen LogP contribution in [-0.4, -0.2) is 14.0 Å². The fourth-order valence-electron chi connectivity index (χ4n) is 3.45. The second kappa shape index (κ2) is 4.34. The van der Waals surface area contributed by atoms with Crippen molar-refractivity contribution in [3.05, 3.63) is 72.3 Å². The second-order valence-corrected chi connectivity index (χ2v) is 5.66. The number of hydrogen-bond donors (Lipinski definition) is 0. The molecule has 0 amide bonds. The average Bonchev–Trinajstić information content (AvgIpc) is 3.26. The zero-order chi connectivity index (χ0) is 15.4. The van der Waals surface area contributed by atoms with E-state index in [1.807, 2.05) is 48.6 Å². The number of rotatable bonds is 1. The minimum absolute atomic E-state index is 0.0980. The van der Waals surface area contributed by atoms with Gasteiger partial charge in [0.25, 0.3) is 0 Å². The van der Waals surface area contributed by atoms with Gasteiger partial charge in [0, 0.05) is 0 Å². The SMILES string of the molecule is N#CC1=CC=CC1n1c2ccccc2n2c3ccccc3nc12. The first kappa shape index (κ1) is 12.2.